The molecule has 14 heavy (non-hydrogen) atoms. The summed E-state index contributed by atoms with van der Waals surface area (Å²) in [5.41, 5.74) is 1.51. The van der Waals surface area contributed by atoms with Crippen LogP contribution < -0.4 is 5.32 Å². The third-order valence-electron chi connectivity index (χ3n) is 2.03. The lowest BCUT2D eigenvalue weighted by atomic mass is 9.88. The van der Waals surface area contributed by atoms with Crippen molar-refractivity contribution in [3.8, 4) is 0 Å². The highest BCUT2D eigenvalue weighted by Gasteiger charge is 2.23. The van der Waals surface area contributed by atoms with Crippen molar-refractivity contribution in [2.45, 2.75) is 26.2 Å². The number of nitrogens with one attached hydrogen (secondary N) is 2. The van der Waals surface area contributed by atoms with Gasteiger partial charge in [-0.05, 0) is 7.05 Å². The molecule has 0 bridgehead atoms. The first-order valence-electron chi connectivity index (χ1n) is 4.68. The number of hydrogen-bond acceptors (Lipinski definition) is 3. The van der Waals surface area contributed by atoms with Gasteiger partial charge < -0.3 is 5.32 Å². The van der Waals surface area contributed by atoms with Gasteiger partial charge in [0, 0.05) is 5.41 Å². The Bertz CT molecular complexity index is 322. The molecular weight excluding hydrogens is 178 g/mol. The van der Waals surface area contributed by atoms with Crippen molar-refractivity contribution in [3.05, 3.63) is 17.5 Å². The summed E-state index contributed by atoms with van der Waals surface area (Å²) in [5, 5.41) is 9.65. The van der Waals surface area contributed by atoms with Gasteiger partial charge in [-0.3, -0.25) is 9.89 Å². The molecule has 0 fully saturated rings. The second kappa shape index (κ2) is 3.92. The van der Waals surface area contributed by atoms with E-state index in [0.29, 0.717) is 12.1 Å². The van der Waals surface area contributed by atoms with Crippen molar-refractivity contribution in [1.82, 2.24) is 15.5 Å². The van der Waals surface area contributed by atoms with E-state index in [0.717, 1.165) is 5.69 Å². The summed E-state index contributed by atoms with van der Waals surface area (Å²) in [6.45, 7) is 6.51. The van der Waals surface area contributed by atoms with Gasteiger partial charge in [0.05, 0.1) is 24.0 Å². The van der Waals surface area contributed by atoms with Crippen LogP contribution in [0.1, 0.15) is 36.8 Å². The summed E-state index contributed by atoms with van der Waals surface area (Å²) < 4.78 is 0. The largest absolute Gasteiger partial charge is 0.313 e. The number of aromatic nitrogens is 2. The van der Waals surface area contributed by atoms with Gasteiger partial charge in [0.1, 0.15) is 0 Å². The second-order valence-corrected chi connectivity index (χ2v) is 4.36. The topological polar surface area (TPSA) is 57.8 Å². The molecule has 0 radical (unpaired) electrons. The minimum absolute atomic E-state index is 0.0742. The fraction of sp³-hybridized carbons (Fsp3) is 0.600. The lowest BCUT2D eigenvalue weighted by Gasteiger charge is -2.17. The maximum absolute atomic E-state index is 11.7. The first-order valence-corrected chi connectivity index (χ1v) is 4.68. The van der Waals surface area contributed by atoms with Crippen LogP contribution >= 0.6 is 0 Å². The zero-order valence-electron chi connectivity index (χ0n) is 9.14. The molecule has 0 aliphatic carbocycles. The van der Waals surface area contributed by atoms with Crippen LogP contribution in [0.5, 0.6) is 0 Å². The molecule has 1 aromatic heterocycles. The van der Waals surface area contributed by atoms with E-state index < -0.39 is 0 Å². The Morgan fingerprint density at radius 2 is 2.21 bits per heavy atom. The van der Waals surface area contributed by atoms with Gasteiger partial charge in [-0.25, -0.2) is 0 Å². The van der Waals surface area contributed by atoms with E-state index in [-0.39, 0.29) is 11.2 Å². The van der Waals surface area contributed by atoms with Crippen molar-refractivity contribution in [3.63, 3.8) is 0 Å². The molecule has 0 unspecified atom stereocenters. The first-order chi connectivity index (χ1) is 6.46. The Balaban J connectivity index is 2.99. The molecule has 2 N–H and O–H groups in total. The van der Waals surface area contributed by atoms with Crippen LogP contribution in [0.15, 0.2) is 6.20 Å². The number of ketones is 1. The second-order valence-electron chi connectivity index (χ2n) is 4.36. The Morgan fingerprint density at radius 1 is 1.57 bits per heavy atom. The number of carbonyl (C=O) groups is 1. The Hall–Kier alpha value is -1.16. The fourth-order valence-electron chi connectivity index (χ4n) is 1.33. The van der Waals surface area contributed by atoms with Crippen molar-refractivity contribution in [2.24, 2.45) is 0 Å². The van der Waals surface area contributed by atoms with Crippen LogP contribution in [0.4, 0.5) is 0 Å². The molecule has 0 aliphatic heterocycles. The average molecular weight is 195 g/mol. The molecule has 0 aliphatic rings. The molecule has 1 heterocycles. The number of nitrogens with zero attached hydrogens (tertiary/aromatic N) is 1. The zero-order valence-corrected chi connectivity index (χ0v) is 9.14. The highest BCUT2D eigenvalue weighted by Crippen LogP contribution is 2.23. The van der Waals surface area contributed by atoms with Gasteiger partial charge in [0.25, 0.3) is 0 Å². The van der Waals surface area contributed by atoms with Crippen molar-refractivity contribution < 1.29 is 4.79 Å². The van der Waals surface area contributed by atoms with E-state index in [1.807, 2.05) is 0 Å². The van der Waals surface area contributed by atoms with Gasteiger partial charge in [0.2, 0.25) is 0 Å². The monoisotopic (exact) mass is 195 g/mol. The van der Waals surface area contributed by atoms with Gasteiger partial charge in [-0.15, -0.1) is 0 Å². The molecule has 0 atom stereocenters. The molecule has 4 nitrogen and oxygen atoms in total. The maximum atomic E-state index is 11.7. The molecule has 0 amide bonds. The minimum atomic E-state index is -0.0742. The molecule has 1 aromatic rings. The number of H-pyrrole nitrogens is 1. The standard InChI is InChI=1S/C10H17N3O/c1-10(2,3)9-7(5-12-13-9)8(14)6-11-4/h5,11H,6H2,1-4H3,(H,12,13). The van der Waals surface area contributed by atoms with Crippen LogP contribution in [0.3, 0.4) is 0 Å². The number of Topliss-reactive ketones (excluding diaryl/α,β-unsaturated/α-hetero) is 1. The van der Waals surface area contributed by atoms with Gasteiger partial charge >= 0.3 is 0 Å². The van der Waals surface area contributed by atoms with Gasteiger partial charge in [-0.1, -0.05) is 20.8 Å². The lowest BCUT2D eigenvalue weighted by molar-refractivity contribution is 0.0991. The molecule has 78 valence electrons. The first kappa shape index (κ1) is 10.9. The van der Waals surface area contributed by atoms with Gasteiger partial charge in [0.15, 0.2) is 5.78 Å². The predicted octanol–water partition coefficient (Wildman–Crippen LogP) is 1.11. The summed E-state index contributed by atoms with van der Waals surface area (Å²) in [6, 6.07) is 0. The molecule has 0 saturated carbocycles. The van der Waals surface area contributed by atoms with Gasteiger partial charge in [-0.2, -0.15) is 5.10 Å². The third kappa shape index (κ3) is 2.20. The van der Waals surface area contributed by atoms with Crippen LogP contribution in [-0.2, 0) is 5.41 Å². The number of rotatable bonds is 3. The molecule has 4 heteroatoms. The Morgan fingerprint density at radius 3 is 2.71 bits per heavy atom. The van der Waals surface area contributed by atoms with Crippen molar-refractivity contribution >= 4 is 5.78 Å². The summed E-state index contributed by atoms with van der Waals surface area (Å²) in [4.78, 5) is 11.7. The average Bonchev–Trinajstić information content (AvgIpc) is 2.50. The van der Waals surface area contributed by atoms with E-state index >= 15 is 0 Å². The normalized spacial score (nSPS) is 11.7. The third-order valence-corrected chi connectivity index (χ3v) is 2.03. The lowest BCUT2D eigenvalue weighted by Crippen LogP contribution is -2.22. The summed E-state index contributed by atoms with van der Waals surface area (Å²) in [5.74, 6) is 0.0752. The number of aromatic amines is 1. The summed E-state index contributed by atoms with van der Waals surface area (Å²) in [7, 11) is 1.76. The van der Waals surface area contributed by atoms with E-state index in [9.17, 15) is 4.79 Å². The van der Waals surface area contributed by atoms with E-state index in [4.69, 9.17) is 0 Å². The smallest absolute Gasteiger partial charge is 0.180 e. The highest BCUT2D eigenvalue weighted by atomic mass is 16.1. The SMILES string of the molecule is CNCC(=O)c1cn[nH]c1C(C)(C)C. The van der Waals surface area contributed by atoms with Crippen molar-refractivity contribution in [1.29, 1.82) is 0 Å². The minimum Gasteiger partial charge on any atom is -0.313 e. The number of hydrogen-bond donors (Lipinski definition) is 2. The van der Waals surface area contributed by atoms with E-state index in [2.05, 4.69) is 36.3 Å². The fourth-order valence-corrected chi connectivity index (χ4v) is 1.33. The maximum Gasteiger partial charge on any atom is 0.180 e. The molecule has 0 saturated heterocycles. The molecule has 0 spiro atoms. The number of carbonyl (C=O) groups excluding carboxylic acids is 1. The Labute approximate surface area is 84.1 Å². The molecular formula is C10H17N3O. The molecule has 0 aromatic carbocycles. The molecule has 1 rings (SSSR count). The Kier molecular flexibility index (Phi) is 3.06. The van der Waals surface area contributed by atoms with Crippen LogP contribution in [0, 0.1) is 0 Å². The predicted molar refractivity (Wildman–Crippen MR) is 55.5 cm³/mol. The van der Waals surface area contributed by atoms with Crippen LogP contribution in [-0.4, -0.2) is 29.6 Å². The highest BCUT2D eigenvalue weighted by molar-refractivity contribution is 5.98. The van der Waals surface area contributed by atoms with E-state index in [1.54, 1.807) is 13.2 Å². The number of likely N-dealkylation sites (N-methyl/N-ethyl adjacent to an activating group) is 1. The van der Waals surface area contributed by atoms with Crippen molar-refractivity contribution in [2.75, 3.05) is 13.6 Å². The summed E-state index contributed by atoms with van der Waals surface area (Å²) in [6.07, 6.45) is 1.60. The zero-order chi connectivity index (χ0) is 10.8. The quantitative estimate of drug-likeness (QED) is 0.710. The van der Waals surface area contributed by atoms with Crippen LogP contribution in [0.2, 0.25) is 0 Å². The van der Waals surface area contributed by atoms with Crippen LogP contribution in [0.25, 0.3) is 0 Å². The van der Waals surface area contributed by atoms with E-state index in [1.165, 1.54) is 0 Å². The summed E-state index contributed by atoms with van der Waals surface area (Å²) >= 11 is 0.